The van der Waals surface area contributed by atoms with Gasteiger partial charge in [0.15, 0.2) is 0 Å². The molecule has 2 heteroatoms. The summed E-state index contributed by atoms with van der Waals surface area (Å²) in [6, 6.07) is 1.27. The van der Waals surface area contributed by atoms with Crippen molar-refractivity contribution in [2.45, 2.75) is 73.9 Å². The average Bonchev–Trinajstić information content (AvgIpc) is 2.23. The third kappa shape index (κ3) is 5.07. The van der Waals surface area contributed by atoms with Crippen molar-refractivity contribution in [3.8, 4) is 0 Å². The van der Waals surface area contributed by atoms with Crippen molar-refractivity contribution in [2.24, 2.45) is 16.7 Å². The Labute approximate surface area is 121 Å². The van der Waals surface area contributed by atoms with Crippen LogP contribution in [0.25, 0.3) is 0 Å². The van der Waals surface area contributed by atoms with Gasteiger partial charge in [0.05, 0.1) is 0 Å². The van der Waals surface area contributed by atoms with Gasteiger partial charge in [-0.2, -0.15) is 0 Å². The molecule has 1 N–H and O–H groups in total. The third-order valence-corrected chi connectivity index (χ3v) is 4.45. The van der Waals surface area contributed by atoms with Crippen LogP contribution in [0.3, 0.4) is 0 Å². The summed E-state index contributed by atoms with van der Waals surface area (Å²) in [5.74, 6) is 0.795. The second-order valence-corrected chi connectivity index (χ2v) is 8.89. The predicted molar refractivity (Wildman–Crippen MR) is 85.5 cm³/mol. The maximum absolute atomic E-state index is 3.79. The van der Waals surface area contributed by atoms with E-state index >= 15 is 0 Å². The Balaban J connectivity index is 2.74. The zero-order valence-corrected chi connectivity index (χ0v) is 14.5. The van der Waals surface area contributed by atoms with Crippen molar-refractivity contribution < 1.29 is 0 Å². The van der Waals surface area contributed by atoms with Crippen LogP contribution in [-0.2, 0) is 0 Å². The fourth-order valence-corrected chi connectivity index (χ4v) is 2.91. The van der Waals surface area contributed by atoms with Crippen molar-refractivity contribution in [3.05, 3.63) is 0 Å². The van der Waals surface area contributed by atoms with Crippen LogP contribution in [0.2, 0.25) is 0 Å². The number of nitrogens with zero attached hydrogens (tertiary/aromatic N) is 1. The molecular formula is C17H36N2. The summed E-state index contributed by atoms with van der Waals surface area (Å²) in [6.07, 6.45) is 1.31. The molecule has 19 heavy (non-hydrogen) atoms. The maximum Gasteiger partial charge on any atom is 0.0269 e. The smallest absolute Gasteiger partial charge is 0.0269 e. The molecule has 0 aromatic carbocycles. The van der Waals surface area contributed by atoms with Crippen LogP contribution < -0.4 is 5.32 Å². The highest BCUT2D eigenvalue weighted by Gasteiger charge is 2.38. The van der Waals surface area contributed by atoms with Gasteiger partial charge in [0.1, 0.15) is 0 Å². The standard InChI is InChI=1S/C17H36N2/c1-13(2)9-10-19-12-14(16(3,4)5)18-11-15(19)17(6,7)8/h13-15,18H,9-12H2,1-8H3. The van der Waals surface area contributed by atoms with E-state index in [2.05, 4.69) is 65.6 Å². The molecule has 2 atom stereocenters. The quantitative estimate of drug-likeness (QED) is 0.838. The molecule has 2 nitrogen and oxygen atoms in total. The summed E-state index contributed by atoms with van der Waals surface area (Å²) >= 11 is 0. The van der Waals surface area contributed by atoms with Crippen molar-refractivity contribution in [1.29, 1.82) is 0 Å². The molecule has 1 fully saturated rings. The van der Waals surface area contributed by atoms with E-state index in [9.17, 15) is 0 Å². The molecule has 1 saturated heterocycles. The van der Waals surface area contributed by atoms with E-state index in [0.29, 0.717) is 22.9 Å². The normalized spacial score (nSPS) is 27.0. The van der Waals surface area contributed by atoms with Crippen LogP contribution in [0.4, 0.5) is 0 Å². The van der Waals surface area contributed by atoms with Gasteiger partial charge >= 0.3 is 0 Å². The van der Waals surface area contributed by atoms with Gasteiger partial charge < -0.3 is 5.32 Å². The van der Waals surface area contributed by atoms with Crippen LogP contribution in [-0.4, -0.2) is 36.6 Å². The summed E-state index contributed by atoms with van der Waals surface area (Å²) in [7, 11) is 0. The lowest BCUT2D eigenvalue weighted by atomic mass is 9.79. The lowest BCUT2D eigenvalue weighted by Gasteiger charge is -2.49. The molecule has 0 aliphatic carbocycles. The van der Waals surface area contributed by atoms with E-state index in [4.69, 9.17) is 0 Å². The minimum absolute atomic E-state index is 0.346. The van der Waals surface area contributed by atoms with Gasteiger partial charge in [-0.05, 0) is 29.7 Å². The molecule has 1 aliphatic rings. The lowest BCUT2D eigenvalue weighted by Crippen LogP contribution is -2.63. The lowest BCUT2D eigenvalue weighted by molar-refractivity contribution is 0.0277. The topological polar surface area (TPSA) is 15.3 Å². The maximum atomic E-state index is 3.79. The van der Waals surface area contributed by atoms with Crippen LogP contribution >= 0.6 is 0 Å². The van der Waals surface area contributed by atoms with Gasteiger partial charge in [-0.15, -0.1) is 0 Å². The molecule has 0 bridgehead atoms. The second-order valence-electron chi connectivity index (χ2n) is 8.89. The Morgan fingerprint density at radius 2 is 1.63 bits per heavy atom. The highest BCUT2D eigenvalue weighted by molar-refractivity contribution is 4.96. The van der Waals surface area contributed by atoms with Crippen molar-refractivity contribution in [2.75, 3.05) is 19.6 Å². The molecule has 0 radical (unpaired) electrons. The van der Waals surface area contributed by atoms with Crippen LogP contribution in [0.5, 0.6) is 0 Å². The fourth-order valence-electron chi connectivity index (χ4n) is 2.91. The SMILES string of the molecule is CC(C)CCN1CC(C(C)(C)C)NCC1C(C)(C)C. The largest absolute Gasteiger partial charge is 0.311 e. The zero-order valence-electron chi connectivity index (χ0n) is 14.5. The Kier molecular flexibility index (Phi) is 5.48. The zero-order chi connectivity index (χ0) is 14.8. The minimum atomic E-state index is 0.346. The van der Waals surface area contributed by atoms with Crippen LogP contribution in [0, 0.1) is 16.7 Å². The minimum Gasteiger partial charge on any atom is -0.311 e. The molecule has 0 aromatic heterocycles. The number of nitrogens with one attached hydrogen (secondary N) is 1. The molecule has 2 unspecified atom stereocenters. The Hall–Kier alpha value is -0.0800. The number of hydrogen-bond donors (Lipinski definition) is 1. The van der Waals surface area contributed by atoms with Gasteiger partial charge in [0, 0.05) is 25.2 Å². The first-order valence-electron chi connectivity index (χ1n) is 7.99. The Morgan fingerprint density at radius 3 is 2.05 bits per heavy atom. The molecule has 0 spiro atoms. The van der Waals surface area contributed by atoms with E-state index < -0.39 is 0 Å². The van der Waals surface area contributed by atoms with E-state index in [1.165, 1.54) is 19.5 Å². The summed E-state index contributed by atoms with van der Waals surface area (Å²) in [6.45, 7) is 22.4. The molecule has 0 saturated carbocycles. The number of hydrogen-bond acceptors (Lipinski definition) is 2. The highest BCUT2D eigenvalue weighted by atomic mass is 15.2. The summed E-state index contributed by atoms with van der Waals surface area (Å²) in [5.41, 5.74) is 0.700. The van der Waals surface area contributed by atoms with Crippen LogP contribution in [0.1, 0.15) is 61.8 Å². The third-order valence-electron chi connectivity index (χ3n) is 4.45. The summed E-state index contributed by atoms with van der Waals surface area (Å²) in [5, 5.41) is 3.79. The van der Waals surface area contributed by atoms with Crippen molar-refractivity contribution in [3.63, 3.8) is 0 Å². The van der Waals surface area contributed by atoms with Gasteiger partial charge in [0.25, 0.3) is 0 Å². The molecule has 0 amide bonds. The van der Waals surface area contributed by atoms with E-state index in [1.54, 1.807) is 0 Å². The monoisotopic (exact) mass is 268 g/mol. The molecule has 1 aliphatic heterocycles. The van der Waals surface area contributed by atoms with E-state index in [1.807, 2.05) is 0 Å². The number of rotatable bonds is 3. The highest BCUT2D eigenvalue weighted by Crippen LogP contribution is 2.30. The predicted octanol–water partition coefficient (Wildman–Crippen LogP) is 3.77. The van der Waals surface area contributed by atoms with Crippen molar-refractivity contribution >= 4 is 0 Å². The summed E-state index contributed by atoms with van der Waals surface area (Å²) < 4.78 is 0. The van der Waals surface area contributed by atoms with E-state index in [-0.39, 0.29) is 0 Å². The average molecular weight is 268 g/mol. The first-order valence-corrected chi connectivity index (χ1v) is 7.99. The fraction of sp³-hybridized carbons (Fsp3) is 1.00. The second kappa shape index (κ2) is 6.13. The Morgan fingerprint density at radius 1 is 1.05 bits per heavy atom. The van der Waals surface area contributed by atoms with Gasteiger partial charge in [0.2, 0.25) is 0 Å². The Bertz CT molecular complexity index is 270. The van der Waals surface area contributed by atoms with E-state index in [0.717, 1.165) is 12.5 Å². The number of piperazine rings is 1. The van der Waals surface area contributed by atoms with Gasteiger partial charge in [-0.1, -0.05) is 55.4 Å². The van der Waals surface area contributed by atoms with Gasteiger partial charge in [-0.3, -0.25) is 4.90 Å². The molecular weight excluding hydrogens is 232 g/mol. The van der Waals surface area contributed by atoms with Gasteiger partial charge in [-0.25, -0.2) is 0 Å². The van der Waals surface area contributed by atoms with Crippen LogP contribution in [0.15, 0.2) is 0 Å². The first kappa shape index (κ1) is 17.0. The molecule has 1 heterocycles. The molecule has 0 aromatic rings. The summed E-state index contributed by atoms with van der Waals surface area (Å²) in [4.78, 5) is 2.74. The van der Waals surface area contributed by atoms with Crippen molar-refractivity contribution in [1.82, 2.24) is 10.2 Å². The molecule has 1 rings (SSSR count). The first-order chi connectivity index (χ1) is 8.51. The molecule has 114 valence electrons.